The van der Waals surface area contributed by atoms with Crippen LogP contribution in [0.4, 0.5) is 11.4 Å². The third-order valence-electron chi connectivity index (χ3n) is 5.25. The standard InChI is InChI=1S/C24H22Cl2N2O2/c1-30-13-11-27-24(29)19-5-2-4-17(14-19)18-9-8-16-10-12-28(22(16)15-18)21-7-3-6-20(25)23(21)26/h2-9,14-15H,10-13H2,1H3,(H,27,29). The molecule has 4 nitrogen and oxygen atoms in total. The normalized spacial score (nSPS) is 12.7. The zero-order valence-corrected chi connectivity index (χ0v) is 18.1. The van der Waals surface area contributed by atoms with Gasteiger partial charge < -0.3 is 15.0 Å². The lowest BCUT2D eigenvalue weighted by molar-refractivity contribution is 0.0937. The number of methoxy groups -OCH3 is 1. The number of hydrogen-bond donors (Lipinski definition) is 1. The molecule has 0 bridgehead atoms. The van der Waals surface area contributed by atoms with Crippen LogP contribution in [0.2, 0.25) is 10.0 Å². The Balaban J connectivity index is 1.64. The van der Waals surface area contributed by atoms with E-state index >= 15 is 0 Å². The Bertz CT molecular complexity index is 1080. The Hall–Kier alpha value is -2.53. The van der Waals surface area contributed by atoms with E-state index in [0.717, 1.165) is 35.5 Å². The van der Waals surface area contributed by atoms with Gasteiger partial charge in [0.25, 0.3) is 5.91 Å². The maximum Gasteiger partial charge on any atom is 0.251 e. The topological polar surface area (TPSA) is 41.6 Å². The fraction of sp³-hybridized carbons (Fsp3) is 0.208. The number of fused-ring (bicyclic) bond motifs is 1. The van der Waals surface area contributed by atoms with Crippen LogP contribution in [0.25, 0.3) is 11.1 Å². The average molecular weight is 441 g/mol. The molecule has 154 valence electrons. The minimum absolute atomic E-state index is 0.109. The smallest absolute Gasteiger partial charge is 0.251 e. The molecule has 1 amide bonds. The first-order chi connectivity index (χ1) is 14.6. The number of carbonyl (C=O) groups is 1. The van der Waals surface area contributed by atoms with Crippen LogP contribution in [-0.4, -0.2) is 32.7 Å². The Morgan fingerprint density at radius 3 is 2.67 bits per heavy atom. The van der Waals surface area contributed by atoms with Crippen LogP contribution in [0.5, 0.6) is 0 Å². The summed E-state index contributed by atoms with van der Waals surface area (Å²) in [6.07, 6.45) is 0.945. The van der Waals surface area contributed by atoms with Crippen LogP contribution in [0, 0.1) is 0 Å². The molecule has 0 unspecified atom stereocenters. The van der Waals surface area contributed by atoms with Crippen molar-refractivity contribution in [3.63, 3.8) is 0 Å². The summed E-state index contributed by atoms with van der Waals surface area (Å²) >= 11 is 12.7. The van der Waals surface area contributed by atoms with Gasteiger partial charge in [0, 0.05) is 31.5 Å². The molecule has 0 radical (unpaired) electrons. The van der Waals surface area contributed by atoms with Gasteiger partial charge in [-0.3, -0.25) is 4.79 Å². The van der Waals surface area contributed by atoms with Gasteiger partial charge in [0.2, 0.25) is 0 Å². The SMILES string of the molecule is COCCNC(=O)c1cccc(-c2ccc3c(c2)N(c2cccc(Cl)c2Cl)CC3)c1. The van der Waals surface area contributed by atoms with Crippen molar-refractivity contribution < 1.29 is 9.53 Å². The van der Waals surface area contributed by atoms with E-state index in [-0.39, 0.29) is 5.91 Å². The highest BCUT2D eigenvalue weighted by Crippen LogP contribution is 2.42. The first-order valence-electron chi connectivity index (χ1n) is 9.80. The minimum Gasteiger partial charge on any atom is -0.383 e. The summed E-state index contributed by atoms with van der Waals surface area (Å²) in [7, 11) is 1.61. The number of ether oxygens (including phenoxy) is 1. The molecular weight excluding hydrogens is 419 g/mol. The Morgan fingerprint density at radius 2 is 1.83 bits per heavy atom. The first-order valence-corrected chi connectivity index (χ1v) is 10.6. The van der Waals surface area contributed by atoms with E-state index in [0.29, 0.717) is 28.8 Å². The second-order valence-corrected chi connectivity index (χ2v) is 7.93. The summed E-state index contributed by atoms with van der Waals surface area (Å²) in [6, 6.07) is 19.7. The van der Waals surface area contributed by atoms with Crippen molar-refractivity contribution in [2.45, 2.75) is 6.42 Å². The molecule has 1 N–H and O–H groups in total. The number of halogens is 2. The number of anilines is 2. The van der Waals surface area contributed by atoms with E-state index < -0.39 is 0 Å². The van der Waals surface area contributed by atoms with E-state index in [2.05, 4.69) is 28.4 Å². The number of nitrogens with zero attached hydrogens (tertiary/aromatic N) is 1. The number of nitrogens with one attached hydrogen (secondary N) is 1. The molecule has 3 aromatic rings. The van der Waals surface area contributed by atoms with Gasteiger partial charge in [0.15, 0.2) is 0 Å². The second-order valence-electron chi connectivity index (χ2n) is 7.15. The zero-order valence-electron chi connectivity index (χ0n) is 16.6. The number of rotatable bonds is 6. The number of amides is 1. The van der Waals surface area contributed by atoms with Gasteiger partial charge >= 0.3 is 0 Å². The second kappa shape index (κ2) is 9.09. The van der Waals surface area contributed by atoms with Gasteiger partial charge in [-0.1, -0.05) is 53.5 Å². The highest BCUT2D eigenvalue weighted by molar-refractivity contribution is 6.43. The van der Waals surface area contributed by atoms with Crippen molar-refractivity contribution >= 4 is 40.5 Å². The molecule has 30 heavy (non-hydrogen) atoms. The molecule has 0 atom stereocenters. The quantitative estimate of drug-likeness (QED) is 0.497. The summed E-state index contributed by atoms with van der Waals surface area (Å²) in [4.78, 5) is 14.6. The molecule has 1 aliphatic heterocycles. The molecule has 0 aromatic heterocycles. The summed E-state index contributed by atoms with van der Waals surface area (Å²) in [5, 5.41) is 3.97. The third-order valence-corrected chi connectivity index (χ3v) is 6.06. The lowest BCUT2D eigenvalue weighted by Crippen LogP contribution is -2.26. The molecule has 3 aromatic carbocycles. The summed E-state index contributed by atoms with van der Waals surface area (Å²) in [6.45, 7) is 1.81. The Morgan fingerprint density at radius 1 is 1.03 bits per heavy atom. The lowest BCUT2D eigenvalue weighted by Gasteiger charge is -2.22. The summed E-state index contributed by atoms with van der Waals surface area (Å²) in [5.74, 6) is -0.109. The van der Waals surface area contributed by atoms with E-state index in [1.807, 2.05) is 36.4 Å². The maximum atomic E-state index is 12.4. The Labute approximate surface area is 186 Å². The predicted octanol–water partition coefficient (Wildman–Crippen LogP) is 5.73. The lowest BCUT2D eigenvalue weighted by atomic mass is 10.00. The molecule has 0 saturated heterocycles. The van der Waals surface area contributed by atoms with Crippen molar-refractivity contribution in [3.05, 3.63) is 81.8 Å². The van der Waals surface area contributed by atoms with E-state index in [9.17, 15) is 4.79 Å². The highest BCUT2D eigenvalue weighted by atomic mass is 35.5. The van der Waals surface area contributed by atoms with Crippen molar-refractivity contribution in [3.8, 4) is 11.1 Å². The van der Waals surface area contributed by atoms with Crippen LogP contribution < -0.4 is 10.2 Å². The fourth-order valence-electron chi connectivity index (χ4n) is 3.72. The van der Waals surface area contributed by atoms with Crippen molar-refractivity contribution in [2.24, 2.45) is 0 Å². The van der Waals surface area contributed by atoms with E-state index in [1.165, 1.54) is 5.56 Å². The molecule has 0 saturated carbocycles. The molecule has 1 aliphatic rings. The van der Waals surface area contributed by atoms with Gasteiger partial charge in [-0.25, -0.2) is 0 Å². The van der Waals surface area contributed by atoms with E-state index in [4.69, 9.17) is 27.9 Å². The first kappa shape index (κ1) is 20.7. The molecule has 0 spiro atoms. The van der Waals surface area contributed by atoms with Gasteiger partial charge in [0.1, 0.15) is 0 Å². The molecule has 0 fully saturated rings. The van der Waals surface area contributed by atoms with Crippen LogP contribution >= 0.6 is 23.2 Å². The minimum atomic E-state index is -0.109. The van der Waals surface area contributed by atoms with Crippen LogP contribution in [0.1, 0.15) is 15.9 Å². The number of carbonyl (C=O) groups excluding carboxylic acids is 1. The van der Waals surface area contributed by atoms with Gasteiger partial charge in [-0.05, 0) is 53.4 Å². The predicted molar refractivity (Wildman–Crippen MR) is 123 cm³/mol. The van der Waals surface area contributed by atoms with Crippen LogP contribution in [-0.2, 0) is 11.2 Å². The molecule has 1 heterocycles. The molecular formula is C24H22Cl2N2O2. The van der Waals surface area contributed by atoms with Gasteiger partial charge in [-0.2, -0.15) is 0 Å². The van der Waals surface area contributed by atoms with Crippen LogP contribution in [0.3, 0.4) is 0 Å². The van der Waals surface area contributed by atoms with Crippen molar-refractivity contribution in [1.29, 1.82) is 0 Å². The number of benzene rings is 3. The van der Waals surface area contributed by atoms with Crippen LogP contribution in [0.15, 0.2) is 60.7 Å². The highest BCUT2D eigenvalue weighted by Gasteiger charge is 2.23. The largest absolute Gasteiger partial charge is 0.383 e. The fourth-order valence-corrected chi connectivity index (χ4v) is 4.12. The van der Waals surface area contributed by atoms with Crippen molar-refractivity contribution in [1.82, 2.24) is 5.32 Å². The maximum absolute atomic E-state index is 12.4. The summed E-state index contributed by atoms with van der Waals surface area (Å²) in [5.41, 5.74) is 5.95. The van der Waals surface area contributed by atoms with E-state index in [1.54, 1.807) is 13.2 Å². The average Bonchev–Trinajstić information content (AvgIpc) is 3.19. The molecule has 6 heteroatoms. The van der Waals surface area contributed by atoms with Gasteiger partial charge in [0.05, 0.1) is 22.3 Å². The molecule has 4 rings (SSSR count). The van der Waals surface area contributed by atoms with Crippen molar-refractivity contribution in [2.75, 3.05) is 31.7 Å². The Kier molecular flexibility index (Phi) is 6.28. The van der Waals surface area contributed by atoms with Gasteiger partial charge in [-0.15, -0.1) is 0 Å². The monoisotopic (exact) mass is 440 g/mol. The third kappa shape index (κ3) is 4.17. The number of hydrogen-bond acceptors (Lipinski definition) is 3. The zero-order chi connectivity index (χ0) is 21.1. The summed E-state index contributed by atoms with van der Waals surface area (Å²) < 4.78 is 4.99. The molecule has 0 aliphatic carbocycles.